The van der Waals surface area contributed by atoms with Crippen molar-refractivity contribution in [3.63, 3.8) is 0 Å². The Morgan fingerprint density at radius 2 is 1.95 bits per heavy atom. The van der Waals surface area contributed by atoms with E-state index in [1.165, 1.54) is 18.4 Å². The zero-order chi connectivity index (χ0) is 15.7. The van der Waals surface area contributed by atoms with Gasteiger partial charge in [0, 0.05) is 12.6 Å². The van der Waals surface area contributed by atoms with Gasteiger partial charge in [0.05, 0.1) is 0 Å². The van der Waals surface area contributed by atoms with Gasteiger partial charge in [0.15, 0.2) is 6.10 Å². The van der Waals surface area contributed by atoms with E-state index in [1.807, 2.05) is 19.1 Å². The molecule has 0 bridgehead atoms. The van der Waals surface area contributed by atoms with E-state index in [4.69, 9.17) is 4.74 Å². The Hall–Kier alpha value is -1.51. The fraction of sp³-hybridized carbons (Fsp3) is 0.632. The average molecular weight is 301 g/mol. The molecule has 1 aromatic rings. The number of ether oxygens (including phenoxy) is 1. The van der Waals surface area contributed by atoms with Crippen molar-refractivity contribution in [2.45, 2.75) is 64.5 Å². The molecule has 1 unspecified atom stereocenters. The SMILES string of the molecule is CC(Oc1cccc(C(C)C)c1)C(=O)N(CC1CC1)C1CC1. The molecule has 0 spiro atoms. The van der Waals surface area contributed by atoms with Crippen LogP contribution in [0.4, 0.5) is 0 Å². The van der Waals surface area contributed by atoms with E-state index in [0.29, 0.717) is 12.0 Å². The van der Waals surface area contributed by atoms with Crippen molar-refractivity contribution in [3.05, 3.63) is 29.8 Å². The van der Waals surface area contributed by atoms with Gasteiger partial charge in [-0.2, -0.15) is 0 Å². The minimum atomic E-state index is -0.401. The lowest BCUT2D eigenvalue weighted by molar-refractivity contribution is -0.138. The fourth-order valence-electron chi connectivity index (χ4n) is 2.82. The third-order valence-corrected chi connectivity index (χ3v) is 4.61. The molecule has 3 nitrogen and oxygen atoms in total. The number of hydrogen-bond acceptors (Lipinski definition) is 2. The van der Waals surface area contributed by atoms with Gasteiger partial charge in [0.1, 0.15) is 5.75 Å². The first kappa shape index (κ1) is 15.4. The van der Waals surface area contributed by atoms with E-state index in [-0.39, 0.29) is 5.91 Å². The van der Waals surface area contributed by atoms with Crippen LogP contribution in [0.1, 0.15) is 57.9 Å². The van der Waals surface area contributed by atoms with Crippen LogP contribution in [0.25, 0.3) is 0 Å². The maximum Gasteiger partial charge on any atom is 0.263 e. The number of rotatable bonds is 7. The van der Waals surface area contributed by atoms with E-state index in [2.05, 4.69) is 30.9 Å². The molecule has 22 heavy (non-hydrogen) atoms. The fourth-order valence-corrected chi connectivity index (χ4v) is 2.82. The minimum Gasteiger partial charge on any atom is -0.481 e. The quantitative estimate of drug-likeness (QED) is 0.762. The van der Waals surface area contributed by atoms with E-state index in [0.717, 1.165) is 31.1 Å². The van der Waals surface area contributed by atoms with Crippen LogP contribution < -0.4 is 4.74 Å². The molecule has 2 aliphatic rings. The topological polar surface area (TPSA) is 29.5 Å². The van der Waals surface area contributed by atoms with E-state index < -0.39 is 6.10 Å². The first-order chi connectivity index (χ1) is 10.5. The predicted octanol–water partition coefficient (Wildman–Crippen LogP) is 3.98. The standard InChI is InChI=1S/C19H27NO2/c1-13(2)16-5-4-6-18(11-16)22-14(3)19(21)20(17-9-10-17)12-15-7-8-15/h4-6,11,13-15,17H,7-10,12H2,1-3H3. The average Bonchev–Trinajstić information content (AvgIpc) is 3.37. The maximum atomic E-state index is 12.7. The Morgan fingerprint density at radius 3 is 2.55 bits per heavy atom. The molecule has 0 aliphatic heterocycles. The van der Waals surface area contributed by atoms with Gasteiger partial charge in [-0.25, -0.2) is 0 Å². The summed E-state index contributed by atoms with van der Waals surface area (Å²) >= 11 is 0. The lowest BCUT2D eigenvalue weighted by atomic mass is 10.0. The van der Waals surface area contributed by atoms with E-state index in [1.54, 1.807) is 0 Å². The monoisotopic (exact) mass is 301 g/mol. The summed E-state index contributed by atoms with van der Waals surface area (Å²) in [6.45, 7) is 7.15. The molecule has 0 aromatic heterocycles. The van der Waals surface area contributed by atoms with Crippen LogP contribution in [0.3, 0.4) is 0 Å². The second-order valence-corrected chi connectivity index (χ2v) is 7.15. The minimum absolute atomic E-state index is 0.157. The molecule has 2 aliphatic carbocycles. The van der Waals surface area contributed by atoms with Crippen LogP contribution in [0, 0.1) is 5.92 Å². The van der Waals surface area contributed by atoms with Gasteiger partial charge in [-0.1, -0.05) is 26.0 Å². The summed E-state index contributed by atoms with van der Waals surface area (Å²) in [5.41, 5.74) is 1.24. The van der Waals surface area contributed by atoms with Crippen molar-refractivity contribution in [2.75, 3.05) is 6.54 Å². The molecule has 0 radical (unpaired) electrons. The molecule has 1 atom stereocenters. The third kappa shape index (κ3) is 3.82. The molecule has 0 saturated heterocycles. The van der Waals surface area contributed by atoms with Gasteiger partial charge in [-0.3, -0.25) is 4.79 Å². The largest absolute Gasteiger partial charge is 0.481 e. The van der Waals surface area contributed by atoms with Gasteiger partial charge < -0.3 is 9.64 Å². The molecule has 2 saturated carbocycles. The first-order valence-electron chi connectivity index (χ1n) is 8.61. The molecule has 0 N–H and O–H groups in total. The van der Waals surface area contributed by atoms with Crippen molar-refractivity contribution >= 4 is 5.91 Å². The first-order valence-corrected chi connectivity index (χ1v) is 8.61. The van der Waals surface area contributed by atoms with Gasteiger partial charge >= 0.3 is 0 Å². The lowest BCUT2D eigenvalue weighted by Crippen LogP contribution is -2.43. The zero-order valence-electron chi connectivity index (χ0n) is 13.9. The summed E-state index contributed by atoms with van der Waals surface area (Å²) < 4.78 is 5.94. The normalized spacial score (nSPS) is 19.1. The van der Waals surface area contributed by atoms with Gasteiger partial charge in [-0.05, 0) is 62.1 Å². The van der Waals surface area contributed by atoms with Gasteiger partial charge in [0.25, 0.3) is 5.91 Å². The number of benzene rings is 1. The molecule has 2 fully saturated rings. The molecule has 3 heteroatoms. The maximum absolute atomic E-state index is 12.7. The Labute approximate surface area is 133 Å². The molecule has 0 heterocycles. The summed E-state index contributed by atoms with van der Waals surface area (Å²) in [5, 5.41) is 0. The number of carbonyl (C=O) groups is 1. The number of nitrogens with zero attached hydrogens (tertiary/aromatic N) is 1. The van der Waals surface area contributed by atoms with Gasteiger partial charge in [0.2, 0.25) is 0 Å². The summed E-state index contributed by atoms with van der Waals surface area (Å²) in [6, 6.07) is 8.58. The van der Waals surface area contributed by atoms with Crippen molar-refractivity contribution in [3.8, 4) is 5.75 Å². The summed E-state index contributed by atoms with van der Waals surface area (Å²) in [4.78, 5) is 14.8. The van der Waals surface area contributed by atoms with Crippen LogP contribution in [0.15, 0.2) is 24.3 Å². The Kier molecular flexibility index (Phi) is 4.42. The number of carbonyl (C=O) groups excluding carboxylic acids is 1. The van der Waals surface area contributed by atoms with Crippen LogP contribution in [-0.2, 0) is 4.79 Å². The summed E-state index contributed by atoms with van der Waals surface area (Å²) in [7, 11) is 0. The van der Waals surface area contributed by atoms with Crippen LogP contribution in [0.5, 0.6) is 5.75 Å². The highest BCUT2D eigenvalue weighted by atomic mass is 16.5. The van der Waals surface area contributed by atoms with Crippen molar-refractivity contribution in [2.24, 2.45) is 5.92 Å². The lowest BCUT2D eigenvalue weighted by Gasteiger charge is -2.26. The molecule has 1 amide bonds. The van der Waals surface area contributed by atoms with Crippen molar-refractivity contribution in [1.29, 1.82) is 0 Å². The molecule has 3 rings (SSSR count). The van der Waals surface area contributed by atoms with E-state index >= 15 is 0 Å². The number of amides is 1. The van der Waals surface area contributed by atoms with Crippen LogP contribution in [-0.4, -0.2) is 29.5 Å². The Bertz CT molecular complexity index is 532. The Balaban J connectivity index is 1.63. The molecular formula is C19H27NO2. The van der Waals surface area contributed by atoms with Crippen molar-refractivity contribution < 1.29 is 9.53 Å². The van der Waals surface area contributed by atoms with Gasteiger partial charge in [-0.15, -0.1) is 0 Å². The molecule has 120 valence electrons. The second-order valence-electron chi connectivity index (χ2n) is 7.15. The zero-order valence-corrected chi connectivity index (χ0v) is 13.9. The summed E-state index contributed by atoms with van der Waals surface area (Å²) in [6.07, 6.45) is 4.48. The Morgan fingerprint density at radius 1 is 1.23 bits per heavy atom. The molecule has 1 aromatic carbocycles. The highest BCUT2D eigenvalue weighted by Gasteiger charge is 2.38. The van der Waals surface area contributed by atoms with Crippen LogP contribution in [0.2, 0.25) is 0 Å². The summed E-state index contributed by atoms with van der Waals surface area (Å²) in [5.74, 6) is 2.16. The van der Waals surface area contributed by atoms with E-state index in [9.17, 15) is 4.79 Å². The second kappa shape index (κ2) is 6.31. The predicted molar refractivity (Wildman–Crippen MR) is 88.1 cm³/mol. The highest BCUT2D eigenvalue weighted by Crippen LogP contribution is 2.35. The number of hydrogen-bond donors (Lipinski definition) is 0. The van der Waals surface area contributed by atoms with Crippen molar-refractivity contribution in [1.82, 2.24) is 4.90 Å². The highest BCUT2D eigenvalue weighted by molar-refractivity contribution is 5.81. The third-order valence-electron chi connectivity index (χ3n) is 4.61. The smallest absolute Gasteiger partial charge is 0.263 e. The van der Waals surface area contributed by atoms with Crippen LogP contribution >= 0.6 is 0 Å². The molecular weight excluding hydrogens is 274 g/mol.